The van der Waals surface area contributed by atoms with Crippen LogP contribution in [0, 0.1) is 0 Å². The van der Waals surface area contributed by atoms with E-state index in [2.05, 4.69) is 27.3 Å². The van der Waals surface area contributed by atoms with Crippen LogP contribution in [0.1, 0.15) is 33.9 Å². The maximum absolute atomic E-state index is 12.4. The van der Waals surface area contributed by atoms with Crippen molar-refractivity contribution in [3.05, 3.63) is 53.0 Å². The summed E-state index contributed by atoms with van der Waals surface area (Å²) in [5, 5.41) is 2.90. The molecular weight excluding hydrogens is 328 g/mol. The summed E-state index contributed by atoms with van der Waals surface area (Å²) in [4.78, 5) is 24.1. The summed E-state index contributed by atoms with van der Waals surface area (Å²) < 4.78 is 5.50. The summed E-state index contributed by atoms with van der Waals surface area (Å²) in [6.07, 6.45) is 3.58. The fourth-order valence-corrected chi connectivity index (χ4v) is 3.71. The summed E-state index contributed by atoms with van der Waals surface area (Å²) in [6, 6.07) is 10.3. The number of hydrogen-bond donors (Lipinski definition) is 1. The molecule has 2 aliphatic heterocycles. The third-order valence-electron chi connectivity index (χ3n) is 5.17. The smallest absolute Gasteiger partial charge is 0.270 e. The van der Waals surface area contributed by atoms with Crippen molar-refractivity contribution >= 4 is 11.7 Å². The van der Waals surface area contributed by atoms with Gasteiger partial charge in [-0.1, -0.05) is 30.3 Å². The molecular formula is C20H24N4O2. The van der Waals surface area contributed by atoms with Gasteiger partial charge in [-0.2, -0.15) is 0 Å². The van der Waals surface area contributed by atoms with Gasteiger partial charge in [-0.05, 0) is 24.8 Å². The van der Waals surface area contributed by atoms with Gasteiger partial charge in [0.25, 0.3) is 5.91 Å². The van der Waals surface area contributed by atoms with E-state index in [4.69, 9.17) is 9.72 Å². The number of hydrogen-bond acceptors (Lipinski definition) is 5. The zero-order valence-corrected chi connectivity index (χ0v) is 15.1. The number of carbonyl (C=O) groups excluding carboxylic acids is 1. The quantitative estimate of drug-likeness (QED) is 0.888. The molecule has 6 nitrogen and oxygen atoms in total. The maximum atomic E-state index is 12.4. The molecule has 6 heteroatoms. The number of carbonyl (C=O) groups is 1. The number of aryl methyl sites for hydroxylation is 2. The monoisotopic (exact) mass is 352 g/mol. The van der Waals surface area contributed by atoms with Gasteiger partial charge in [0.2, 0.25) is 0 Å². The zero-order chi connectivity index (χ0) is 17.9. The van der Waals surface area contributed by atoms with Crippen LogP contribution in [0.15, 0.2) is 30.3 Å². The first-order valence-corrected chi connectivity index (χ1v) is 9.24. The van der Waals surface area contributed by atoms with Crippen LogP contribution in [0.25, 0.3) is 0 Å². The summed E-state index contributed by atoms with van der Waals surface area (Å²) in [5.41, 5.74) is 2.78. The average Bonchev–Trinajstić information content (AvgIpc) is 3.16. The molecule has 1 amide bonds. The number of nitrogens with one attached hydrogen (secondary N) is 1. The van der Waals surface area contributed by atoms with E-state index in [0.717, 1.165) is 56.0 Å². The van der Waals surface area contributed by atoms with Crippen molar-refractivity contribution in [2.75, 3.05) is 31.6 Å². The Labute approximate surface area is 153 Å². The number of amides is 1. The first-order valence-electron chi connectivity index (χ1n) is 9.24. The molecule has 2 aromatic rings. The summed E-state index contributed by atoms with van der Waals surface area (Å²) in [5.74, 6) is 1.58. The van der Waals surface area contributed by atoms with Crippen molar-refractivity contribution < 1.29 is 9.53 Å². The van der Waals surface area contributed by atoms with Crippen LogP contribution in [0.3, 0.4) is 0 Å². The first-order chi connectivity index (χ1) is 12.7. The van der Waals surface area contributed by atoms with Crippen molar-refractivity contribution in [3.63, 3.8) is 0 Å². The van der Waals surface area contributed by atoms with Gasteiger partial charge in [-0.25, -0.2) is 9.97 Å². The number of methoxy groups -OCH3 is 1. The van der Waals surface area contributed by atoms with Gasteiger partial charge in [0.05, 0.1) is 6.10 Å². The minimum atomic E-state index is -0.0849. The number of nitrogens with zero attached hydrogens (tertiary/aromatic N) is 3. The van der Waals surface area contributed by atoms with Crippen LogP contribution in [0.5, 0.6) is 0 Å². The molecule has 1 fully saturated rings. The van der Waals surface area contributed by atoms with Crippen LogP contribution in [0.2, 0.25) is 0 Å². The van der Waals surface area contributed by atoms with Crippen molar-refractivity contribution in [2.24, 2.45) is 0 Å². The van der Waals surface area contributed by atoms with Crippen LogP contribution in [0.4, 0.5) is 5.82 Å². The zero-order valence-electron chi connectivity index (χ0n) is 15.1. The number of ether oxygens (including phenoxy) is 1. The highest BCUT2D eigenvalue weighted by atomic mass is 16.5. The highest BCUT2D eigenvalue weighted by Crippen LogP contribution is 2.28. The predicted molar refractivity (Wildman–Crippen MR) is 99.5 cm³/mol. The summed E-state index contributed by atoms with van der Waals surface area (Å²) >= 11 is 0. The lowest BCUT2D eigenvalue weighted by Gasteiger charge is -2.25. The van der Waals surface area contributed by atoms with Crippen LogP contribution in [-0.2, 0) is 24.0 Å². The van der Waals surface area contributed by atoms with E-state index in [0.29, 0.717) is 12.2 Å². The van der Waals surface area contributed by atoms with Gasteiger partial charge in [-0.15, -0.1) is 0 Å². The van der Waals surface area contributed by atoms with Crippen LogP contribution in [-0.4, -0.2) is 48.7 Å². The second-order valence-electron chi connectivity index (χ2n) is 6.87. The third kappa shape index (κ3) is 3.42. The molecule has 1 aromatic carbocycles. The van der Waals surface area contributed by atoms with E-state index < -0.39 is 0 Å². The van der Waals surface area contributed by atoms with E-state index in [9.17, 15) is 4.79 Å². The Bertz CT molecular complexity index is 794. The van der Waals surface area contributed by atoms with Crippen LogP contribution >= 0.6 is 0 Å². The fourth-order valence-electron chi connectivity index (χ4n) is 3.71. The lowest BCUT2D eigenvalue weighted by atomic mass is 10.0. The Morgan fingerprint density at radius 2 is 2.08 bits per heavy atom. The van der Waals surface area contributed by atoms with E-state index >= 15 is 0 Å². The van der Waals surface area contributed by atoms with E-state index in [1.807, 2.05) is 18.2 Å². The molecule has 2 aliphatic rings. The molecule has 0 spiro atoms. The standard InChI is InChI=1S/C20H24N4O2/c1-26-15-10-12-24(13-15)19-16-9-11-21-20(25)18(16)22-17(23-19)8-7-14-5-3-2-4-6-14/h2-6,15H,7-13H2,1H3,(H,21,25). The molecule has 1 atom stereocenters. The highest BCUT2D eigenvalue weighted by molar-refractivity contribution is 5.96. The molecule has 0 aliphatic carbocycles. The topological polar surface area (TPSA) is 67.3 Å². The van der Waals surface area contributed by atoms with Crippen molar-refractivity contribution in [1.82, 2.24) is 15.3 Å². The Hall–Kier alpha value is -2.47. The van der Waals surface area contributed by atoms with Crippen LogP contribution < -0.4 is 10.2 Å². The molecule has 1 N–H and O–H groups in total. The molecule has 4 rings (SSSR count). The van der Waals surface area contributed by atoms with E-state index in [-0.39, 0.29) is 12.0 Å². The predicted octanol–water partition coefficient (Wildman–Crippen LogP) is 1.77. The largest absolute Gasteiger partial charge is 0.380 e. The fraction of sp³-hybridized carbons (Fsp3) is 0.450. The Balaban J connectivity index is 1.63. The van der Waals surface area contributed by atoms with Gasteiger partial charge >= 0.3 is 0 Å². The lowest BCUT2D eigenvalue weighted by Crippen LogP contribution is -2.36. The number of rotatable bonds is 5. The van der Waals surface area contributed by atoms with E-state index in [1.165, 1.54) is 5.56 Å². The minimum absolute atomic E-state index is 0.0849. The van der Waals surface area contributed by atoms with Crippen molar-refractivity contribution in [3.8, 4) is 0 Å². The maximum Gasteiger partial charge on any atom is 0.270 e. The summed E-state index contributed by atoms with van der Waals surface area (Å²) in [7, 11) is 1.75. The molecule has 0 radical (unpaired) electrons. The van der Waals surface area contributed by atoms with Gasteiger partial charge in [-0.3, -0.25) is 4.79 Å². The van der Waals surface area contributed by atoms with Crippen molar-refractivity contribution in [2.45, 2.75) is 31.8 Å². The Morgan fingerprint density at radius 3 is 2.85 bits per heavy atom. The second-order valence-corrected chi connectivity index (χ2v) is 6.87. The highest BCUT2D eigenvalue weighted by Gasteiger charge is 2.30. The summed E-state index contributed by atoms with van der Waals surface area (Å²) in [6.45, 7) is 2.37. The molecule has 1 saturated heterocycles. The SMILES string of the molecule is COC1CCN(c2nc(CCc3ccccc3)nc3c2CCNC3=O)C1. The molecule has 1 unspecified atom stereocenters. The molecule has 0 bridgehead atoms. The molecule has 136 valence electrons. The molecule has 1 aromatic heterocycles. The number of anilines is 1. The average molecular weight is 352 g/mol. The van der Waals surface area contributed by atoms with Gasteiger partial charge in [0, 0.05) is 38.7 Å². The Kier molecular flexibility index (Phi) is 4.84. The second kappa shape index (κ2) is 7.41. The number of aromatic nitrogens is 2. The Morgan fingerprint density at radius 1 is 1.23 bits per heavy atom. The van der Waals surface area contributed by atoms with Gasteiger partial charge < -0.3 is 15.0 Å². The first kappa shape index (κ1) is 17.0. The number of benzene rings is 1. The van der Waals surface area contributed by atoms with E-state index in [1.54, 1.807) is 7.11 Å². The molecule has 3 heterocycles. The number of fused-ring (bicyclic) bond motifs is 1. The minimum Gasteiger partial charge on any atom is -0.380 e. The normalized spacial score (nSPS) is 19.3. The lowest BCUT2D eigenvalue weighted by molar-refractivity contribution is 0.0940. The van der Waals surface area contributed by atoms with Gasteiger partial charge in [0.15, 0.2) is 0 Å². The molecule has 0 saturated carbocycles. The molecule has 26 heavy (non-hydrogen) atoms. The third-order valence-corrected chi connectivity index (χ3v) is 5.17. The van der Waals surface area contributed by atoms with Crippen molar-refractivity contribution in [1.29, 1.82) is 0 Å². The van der Waals surface area contributed by atoms with Gasteiger partial charge in [0.1, 0.15) is 17.3 Å².